The zero-order valence-electron chi connectivity index (χ0n) is 12.5. The molecule has 0 radical (unpaired) electrons. The standard InChI is InChI=1S/C14H22N6/c1-5-15-12-8-13(19-14(18-12)10(2)3)16-9-11-6-7-17-20(11)4/h6-8,10H,5,9H2,1-4H3,(H2,15,16,18,19). The Bertz CT molecular complexity index is 561. The predicted octanol–water partition coefficient (Wildman–Crippen LogP) is 2.38. The summed E-state index contributed by atoms with van der Waals surface area (Å²) in [6.45, 7) is 7.78. The number of aryl methyl sites for hydroxylation is 1. The number of hydrogen-bond donors (Lipinski definition) is 2. The van der Waals surface area contributed by atoms with Gasteiger partial charge in [0.15, 0.2) is 0 Å². The molecule has 2 aromatic heterocycles. The Morgan fingerprint density at radius 3 is 2.45 bits per heavy atom. The molecule has 6 heteroatoms. The summed E-state index contributed by atoms with van der Waals surface area (Å²) in [5, 5.41) is 10.7. The maximum absolute atomic E-state index is 4.55. The third-order valence-electron chi connectivity index (χ3n) is 2.99. The highest BCUT2D eigenvalue weighted by atomic mass is 15.3. The van der Waals surface area contributed by atoms with Gasteiger partial charge in [0.05, 0.1) is 12.2 Å². The van der Waals surface area contributed by atoms with Crippen molar-refractivity contribution < 1.29 is 0 Å². The monoisotopic (exact) mass is 274 g/mol. The van der Waals surface area contributed by atoms with Crippen LogP contribution in [0.1, 0.15) is 38.2 Å². The molecule has 0 spiro atoms. The van der Waals surface area contributed by atoms with Gasteiger partial charge < -0.3 is 10.6 Å². The van der Waals surface area contributed by atoms with Crippen molar-refractivity contribution in [2.45, 2.75) is 33.2 Å². The third-order valence-corrected chi connectivity index (χ3v) is 2.99. The van der Waals surface area contributed by atoms with Gasteiger partial charge in [0.1, 0.15) is 17.5 Å². The van der Waals surface area contributed by atoms with Crippen molar-refractivity contribution in [2.24, 2.45) is 7.05 Å². The van der Waals surface area contributed by atoms with Crippen molar-refractivity contribution >= 4 is 11.6 Å². The number of aromatic nitrogens is 4. The molecule has 0 bridgehead atoms. The summed E-state index contributed by atoms with van der Waals surface area (Å²) in [5.41, 5.74) is 1.11. The van der Waals surface area contributed by atoms with Gasteiger partial charge in [-0.1, -0.05) is 13.8 Å². The Hall–Kier alpha value is -2.11. The molecule has 2 heterocycles. The second-order valence-corrected chi connectivity index (χ2v) is 4.98. The van der Waals surface area contributed by atoms with Crippen molar-refractivity contribution in [1.82, 2.24) is 19.7 Å². The summed E-state index contributed by atoms with van der Waals surface area (Å²) in [6.07, 6.45) is 1.79. The van der Waals surface area contributed by atoms with Crippen molar-refractivity contribution in [3.05, 3.63) is 29.8 Å². The van der Waals surface area contributed by atoms with E-state index in [9.17, 15) is 0 Å². The molecule has 0 atom stereocenters. The lowest BCUT2D eigenvalue weighted by molar-refractivity contribution is 0.718. The normalized spacial score (nSPS) is 10.8. The zero-order chi connectivity index (χ0) is 14.5. The van der Waals surface area contributed by atoms with Gasteiger partial charge in [-0.05, 0) is 13.0 Å². The molecule has 0 saturated carbocycles. The number of rotatable bonds is 6. The highest BCUT2D eigenvalue weighted by Gasteiger charge is 2.08. The van der Waals surface area contributed by atoms with E-state index in [1.165, 1.54) is 0 Å². The van der Waals surface area contributed by atoms with E-state index in [2.05, 4.69) is 46.5 Å². The topological polar surface area (TPSA) is 67.7 Å². The molecular weight excluding hydrogens is 252 g/mol. The molecular formula is C14H22N6. The second kappa shape index (κ2) is 6.36. The third kappa shape index (κ3) is 3.46. The molecule has 0 fully saturated rings. The first-order chi connectivity index (χ1) is 9.60. The van der Waals surface area contributed by atoms with Crippen LogP contribution in [0.3, 0.4) is 0 Å². The van der Waals surface area contributed by atoms with E-state index in [-0.39, 0.29) is 0 Å². The quantitative estimate of drug-likeness (QED) is 0.846. The highest BCUT2D eigenvalue weighted by Crippen LogP contribution is 2.17. The fraction of sp³-hybridized carbons (Fsp3) is 0.500. The van der Waals surface area contributed by atoms with E-state index < -0.39 is 0 Å². The number of nitrogens with zero attached hydrogens (tertiary/aromatic N) is 4. The SMILES string of the molecule is CCNc1cc(NCc2ccnn2C)nc(C(C)C)n1. The average Bonchev–Trinajstić information content (AvgIpc) is 2.82. The minimum Gasteiger partial charge on any atom is -0.370 e. The molecule has 6 nitrogen and oxygen atoms in total. The summed E-state index contributed by atoms with van der Waals surface area (Å²) >= 11 is 0. The van der Waals surface area contributed by atoms with Crippen LogP contribution in [-0.2, 0) is 13.6 Å². The van der Waals surface area contributed by atoms with Crippen molar-refractivity contribution in [3.8, 4) is 0 Å². The molecule has 108 valence electrons. The Kier molecular flexibility index (Phi) is 4.55. The van der Waals surface area contributed by atoms with E-state index in [0.717, 1.165) is 29.7 Å². The largest absolute Gasteiger partial charge is 0.370 e. The molecule has 0 aliphatic carbocycles. The lowest BCUT2D eigenvalue weighted by atomic mass is 10.2. The Labute approximate surface area is 119 Å². The zero-order valence-corrected chi connectivity index (χ0v) is 12.5. The van der Waals surface area contributed by atoms with Gasteiger partial charge in [-0.15, -0.1) is 0 Å². The summed E-state index contributed by atoms with van der Waals surface area (Å²) in [5.74, 6) is 2.83. The molecule has 0 aliphatic rings. The van der Waals surface area contributed by atoms with Gasteiger partial charge in [-0.3, -0.25) is 4.68 Å². The van der Waals surface area contributed by atoms with Crippen LogP contribution < -0.4 is 10.6 Å². The van der Waals surface area contributed by atoms with Gasteiger partial charge in [0.25, 0.3) is 0 Å². The maximum Gasteiger partial charge on any atom is 0.135 e. The number of anilines is 2. The maximum atomic E-state index is 4.55. The first-order valence-electron chi connectivity index (χ1n) is 6.93. The summed E-state index contributed by atoms with van der Waals surface area (Å²) in [7, 11) is 1.93. The first-order valence-corrected chi connectivity index (χ1v) is 6.93. The number of hydrogen-bond acceptors (Lipinski definition) is 5. The van der Waals surface area contributed by atoms with Crippen molar-refractivity contribution in [2.75, 3.05) is 17.2 Å². The molecule has 2 aromatic rings. The lowest BCUT2D eigenvalue weighted by Gasteiger charge is -2.12. The predicted molar refractivity (Wildman–Crippen MR) is 80.8 cm³/mol. The summed E-state index contributed by atoms with van der Waals surface area (Å²) < 4.78 is 1.85. The molecule has 20 heavy (non-hydrogen) atoms. The second-order valence-electron chi connectivity index (χ2n) is 4.98. The average molecular weight is 274 g/mol. The Balaban J connectivity index is 2.15. The minimum absolute atomic E-state index is 0.297. The molecule has 2 N–H and O–H groups in total. The van der Waals surface area contributed by atoms with E-state index in [1.54, 1.807) is 6.20 Å². The van der Waals surface area contributed by atoms with Crippen molar-refractivity contribution in [1.29, 1.82) is 0 Å². The van der Waals surface area contributed by atoms with Crippen molar-refractivity contribution in [3.63, 3.8) is 0 Å². The Morgan fingerprint density at radius 2 is 1.90 bits per heavy atom. The van der Waals surface area contributed by atoms with Crippen LogP contribution in [0.25, 0.3) is 0 Å². The number of nitrogens with one attached hydrogen (secondary N) is 2. The molecule has 0 unspecified atom stereocenters. The lowest BCUT2D eigenvalue weighted by Crippen LogP contribution is -2.10. The fourth-order valence-corrected chi connectivity index (χ4v) is 1.84. The molecule has 0 amide bonds. The van der Waals surface area contributed by atoms with E-state index >= 15 is 0 Å². The minimum atomic E-state index is 0.297. The first kappa shape index (κ1) is 14.3. The Morgan fingerprint density at radius 1 is 1.20 bits per heavy atom. The van der Waals surface area contributed by atoms with Crippen LogP contribution in [0.4, 0.5) is 11.6 Å². The van der Waals surface area contributed by atoms with Gasteiger partial charge in [0, 0.05) is 31.8 Å². The van der Waals surface area contributed by atoms with Crippen LogP contribution in [0, 0.1) is 0 Å². The smallest absolute Gasteiger partial charge is 0.135 e. The van der Waals surface area contributed by atoms with Crippen LogP contribution in [-0.4, -0.2) is 26.3 Å². The van der Waals surface area contributed by atoms with Gasteiger partial charge in [-0.25, -0.2) is 9.97 Å². The van der Waals surface area contributed by atoms with Crippen LogP contribution in [0.15, 0.2) is 18.3 Å². The van der Waals surface area contributed by atoms with E-state index in [0.29, 0.717) is 12.5 Å². The van der Waals surface area contributed by atoms with E-state index in [1.807, 2.05) is 23.9 Å². The molecule has 2 rings (SSSR count). The summed E-state index contributed by atoms with van der Waals surface area (Å²) in [6, 6.07) is 3.93. The van der Waals surface area contributed by atoms with Crippen LogP contribution in [0.2, 0.25) is 0 Å². The van der Waals surface area contributed by atoms with Crippen LogP contribution >= 0.6 is 0 Å². The molecule has 0 aromatic carbocycles. The van der Waals surface area contributed by atoms with Gasteiger partial charge >= 0.3 is 0 Å². The van der Waals surface area contributed by atoms with Gasteiger partial charge in [-0.2, -0.15) is 5.10 Å². The molecule has 0 saturated heterocycles. The summed E-state index contributed by atoms with van der Waals surface area (Å²) in [4.78, 5) is 9.06. The molecule has 0 aliphatic heterocycles. The fourth-order valence-electron chi connectivity index (χ4n) is 1.84. The van der Waals surface area contributed by atoms with Gasteiger partial charge in [0.2, 0.25) is 0 Å². The highest BCUT2D eigenvalue weighted by molar-refractivity contribution is 5.48. The van der Waals surface area contributed by atoms with Crippen LogP contribution in [0.5, 0.6) is 0 Å². The van der Waals surface area contributed by atoms with E-state index in [4.69, 9.17) is 0 Å².